The SMILES string of the molecule is Cc1ncsc1-c1ccc([C@@H](N)CC(=O)NCCCCCCCC(=O)NCCN(C)C(=O)c2ccc(/C(O)=C/C(=N)C(=O)NC3CCc4ccccc43)cc2O)cc1. The van der Waals surface area contributed by atoms with Gasteiger partial charge in [-0.2, -0.15) is 0 Å². The fourth-order valence-electron chi connectivity index (χ4n) is 6.88. The van der Waals surface area contributed by atoms with Crippen molar-refractivity contribution in [3.8, 4) is 16.2 Å². The number of hydrogen-bond donors (Lipinski definition) is 7. The number of thiazole rings is 1. The van der Waals surface area contributed by atoms with E-state index in [0.29, 0.717) is 13.0 Å². The molecule has 0 radical (unpaired) electrons. The van der Waals surface area contributed by atoms with Crippen LogP contribution in [0.1, 0.15) is 102 Å². The van der Waals surface area contributed by atoms with E-state index in [1.54, 1.807) is 18.4 Å². The number of phenolic OH excluding ortho intramolecular Hbond substituents is 1. The molecule has 1 aromatic heterocycles. The Kier molecular flexibility index (Phi) is 15.7. The van der Waals surface area contributed by atoms with Crippen LogP contribution in [0.4, 0.5) is 0 Å². The number of aliphatic hydroxyl groups excluding tert-OH is 1. The maximum Gasteiger partial charge on any atom is 0.269 e. The van der Waals surface area contributed by atoms with Gasteiger partial charge >= 0.3 is 0 Å². The van der Waals surface area contributed by atoms with Crippen LogP contribution >= 0.6 is 11.3 Å². The Morgan fingerprint density at radius 3 is 2.45 bits per heavy atom. The lowest BCUT2D eigenvalue weighted by Gasteiger charge is -2.18. The number of unbranched alkanes of at least 4 members (excludes halogenated alkanes) is 4. The summed E-state index contributed by atoms with van der Waals surface area (Å²) in [5.74, 6) is -2.07. The van der Waals surface area contributed by atoms with Crippen LogP contribution in [0, 0.1) is 12.3 Å². The number of fused-ring (bicyclic) bond motifs is 1. The lowest BCUT2D eigenvalue weighted by Crippen LogP contribution is -2.36. The summed E-state index contributed by atoms with van der Waals surface area (Å²) in [5.41, 5.74) is 13.0. The molecule has 2 atom stereocenters. The van der Waals surface area contributed by atoms with Gasteiger partial charge in [-0.05, 0) is 67.0 Å². The Labute approximate surface area is 343 Å². The quantitative estimate of drug-likeness (QED) is 0.0306. The van der Waals surface area contributed by atoms with Crippen LogP contribution in [0.2, 0.25) is 0 Å². The monoisotopic (exact) mass is 807 g/mol. The minimum absolute atomic E-state index is 0.00500. The van der Waals surface area contributed by atoms with Crippen molar-refractivity contribution in [1.82, 2.24) is 25.8 Å². The zero-order valence-corrected chi connectivity index (χ0v) is 33.9. The van der Waals surface area contributed by atoms with Crippen molar-refractivity contribution in [2.45, 2.75) is 76.8 Å². The van der Waals surface area contributed by atoms with Crippen LogP contribution in [0.25, 0.3) is 16.2 Å². The van der Waals surface area contributed by atoms with Gasteiger partial charge in [-0.15, -0.1) is 11.3 Å². The number of benzene rings is 3. The molecular weight excluding hydrogens is 755 g/mol. The molecule has 0 aliphatic heterocycles. The molecule has 0 fully saturated rings. The minimum Gasteiger partial charge on any atom is -0.507 e. The Balaban J connectivity index is 0.914. The van der Waals surface area contributed by atoms with Crippen molar-refractivity contribution < 1.29 is 29.4 Å². The number of aromatic nitrogens is 1. The molecule has 14 heteroatoms. The van der Waals surface area contributed by atoms with Crippen molar-refractivity contribution in [1.29, 1.82) is 5.41 Å². The van der Waals surface area contributed by atoms with Gasteiger partial charge in [-0.3, -0.25) is 24.6 Å². The first-order chi connectivity index (χ1) is 27.9. The molecule has 58 heavy (non-hydrogen) atoms. The second-order valence-electron chi connectivity index (χ2n) is 14.6. The van der Waals surface area contributed by atoms with Crippen LogP contribution in [0.3, 0.4) is 0 Å². The molecule has 1 aliphatic carbocycles. The van der Waals surface area contributed by atoms with Gasteiger partial charge in [0.2, 0.25) is 11.8 Å². The number of nitrogens with zero attached hydrogens (tertiary/aromatic N) is 2. The van der Waals surface area contributed by atoms with Crippen molar-refractivity contribution in [2.75, 3.05) is 26.7 Å². The number of phenols is 1. The van der Waals surface area contributed by atoms with Crippen LogP contribution < -0.4 is 21.7 Å². The van der Waals surface area contributed by atoms with Crippen molar-refractivity contribution >= 4 is 46.4 Å². The molecule has 4 amide bonds. The molecule has 306 valence electrons. The van der Waals surface area contributed by atoms with Gasteiger partial charge in [0, 0.05) is 57.2 Å². The molecule has 0 spiro atoms. The summed E-state index contributed by atoms with van der Waals surface area (Å²) < 4.78 is 0. The third kappa shape index (κ3) is 12.1. The van der Waals surface area contributed by atoms with E-state index in [9.17, 15) is 29.4 Å². The van der Waals surface area contributed by atoms with Crippen LogP contribution in [0.15, 0.2) is 78.3 Å². The molecule has 1 unspecified atom stereocenters. The molecular formula is C44H53N7O6S. The zero-order chi connectivity index (χ0) is 41.6. The Bertz CT molecular complexity index is 2110. The Hall–Kier alpha value is -5.86. The predicted octanol–water partition coefficient (Wildman–Crippen LogP) is 6.28. The molecule has 13 nitrogen and oxygen atoms in total. The van der Waals surface area contributed by atoms with Gasteiger partial charge in [0.05, 0.1) is 27.7 Å². The van der Waals surface area contributed by atoms with Crippen molar-refractivity contribution in [3.05, 3.63) is 112 Å². The fourth-order valence-corrected chi connectivity index (χ4v) is 7.69. The maximum atomic E-state index is 13.0. The number of aliphatic hydroxyl groups is 1. The number of rotatable bonds is 20. The number of likely N-dealkylation sites (N-methyl/N-ethyl adjacent to an activating group) is 1. The van der Waals surface area contributed by atoms with E-state index in [2.05, 4.69) is 20.9 Å². The Morgan fingerprint density at radius 1 is 0.983 bits per heavy atom. The molecule has 8 N–H and O–H groups in total. The topological polar surface area (TPSA) is 211 Å². The maximum absolute atomic E-state index is 13.0. The highest BCUT2D eigenvalue weighted by Crippen LogP contribution is 2.31. The summed E-state index contributed by atoms with van der Waals surface area (Å²) in [4.78, 5) is 57.3. The van der Waals surface area contributed by atoms with Crippen LogP contribution in [-0.4, -0.2) is 76.1 Å². The van der Waals surface area contributed by atoms with Gasteiger partial charge in [0.1, 0.15) is 17.2 Å². The first kappa shape index (κ1) is 43.3. The summed E-state index contributed by atoms with van der Waals surface area (Å²) in [5, 5.41) is 38.0. The van der Waals surface area contributed by atoms with E-state index < -0.39 is 23.3 Å². The van der Waals surface area contributed by atoms with Gasteiger partial charge in [0.15, 0.2) is 0 Å². The highest BCUT2D eigenvalue weighted by molar-refractivity contribution is 7.13. The minimum atomic E-state index is -0.633. The summed E-state index contributed by atoms with van der Waals surface area (Å²) >= 11 is 1.60. The highest BCUT2D eigenvalue weighted by Gasteiger charge is 2.25. The largest absolute Gasteiger partial charge is 0.507 e. The molecule has 3 aromatic carbocycles. The van der Waals surface area contributed by atoms with E-state index in [1.165, 1.54) is 23.1 Å². The summed E-state index contributed by atoms with van der Waals surface area (Å²) in [6, 6.07) is 19.2. The number of aromatic hydroxyl groups is 1. The number of hydrogen-bond acceptors (Lipinski definition) is 10. The fraction of sp³-hybridized carbons (Fsp3) is 0.364. The highest BCUT2D eigenvalue weighted by atomic mass is 32.1. The second kappa shape index (κ2) is 21.1. The molecule has 1 heterocycles. The average molecular weight is 808 g/mol. The normalized spacial score (nSPS) is 14.0. The van der Waals surface area contributed by atoms with E-state index in [4.69, 9.17) is 11.1 Å². The zero-order valence-electron chi connectivity index (χ0n) is 33.1. The third-order valence-electron chi connectivity index (χ3n) is 10.3. The molecule has 0 bridgehead atoms. The van der Waals surface area contributed by atoms with Gasteiger partial charge < -0.3 is 36.8 Å². The lowest BCUT2D eigenvalue weighted by molar-refractivity contribution is -0.122. The Morgan fingerprint density at radius 2 is 1.71 bits per heavy atom. The van der Waals surface area contributed by atoms with E-state index in [-0.39, 0.29) is 60.3 Å². The van der Waals surface area contributed by atoms with E-state index >= 15 is 0 Å². The average Bonchev–Trinajstić information content (AvgIpc) is 3.84. The van der Waals surface area contributed by atoms with Gasteiger partial charge in [-0.25, -0.2) is 4.98 Å². The summed E-state index contributed by atoms with van der Waals surface area (Å²) in [6.45, 7) is 3.01. The molecule has 5 rings (SSSR count). The van der Waals surface area contributed by atoms with Crippen LogP contribution in [-0.2, 0) is 20.8 Å². The molecule has 0 saturated carbocycles. The summed E-state index contributed by atoms with van der Waals surface area (Å²) in [7, 11) is 1.56. The first-order valence-corrected chi connectivity index (χ1v) is 20.5. The number of amides is 4. The van der Waals surface area contributed by atoms with E-state index in [0.717, 1.165) is 83.8 Å². The summed E-state index contributed by atoms with van der Waals surface area (Å²) in [6.07, 6.45) is 7.47. The van der Waals surface area contributed by atoms with Gasteiger partial charge in [-0.1, -0.05) is 73.9 Å². The van der Waals surface area contributed by atoms with Crippen molar-refractivity contribution in [2.24, 2.45) is 5.73 Å². The number of nitrogens with one attached hydrogen (secondary N) is 4. The first-order valence-electron chi connectivity index (χ1n) is 19.7. The standard InChI is InChI=1S/C44H53N7O6S/c1-28-42(58-27-49-28)31-15-13-30(14-16-31)35(45)26-41(55)47-21-9-5-3-4-6-12-40(54)48-22-23-51(2)44(57)34-19-17-32(24-39(34)53)38(52)25-36(46)43(56)50-37-20-18-29-10-7-8-11-33(29)37/h7-8,10-11,13-17,19,24-25,27,35,37,46,52-53H,3-6,9,12,18,20-23,26,45H2,1-2H3,(H,47,55)(H,48,54)(H,50,56)/b38-25-,46-36?/t35-,37?/m0/s1. The van der Waals surface area contributed by atoms with E-state index in [1.807, 2.05) is 61.0 Å². The predicted molar refractivity (Wildman–Crippen MR) is 227 cm³/mol. The molecule has 1 aliphatic rings. The third-order valence-corrected chi connectivity index (χ3v) is 11.2. The number of nitrogens with two attached hydrogens (primary N) is 1. The lowest BCUT2D eigenvalue weighted by atomic mass is 10.0. The smallest absolute Gasteiger partial charge is 0.269 e. The number of carbonyl (C=O) groups is 4. The molecule has 0 saturated heterocycles. The number of aryl methyl sites for hydroxylation is 2. The van der Waals surface area contributed by atoms with Gasteiger partial charge in [0.25, 0.3) is 11.8 Å². The molecule has 4 aromatic rings. The number of carbonyl (C=O) groups excluding carboxylic acids is 4. The second-order valence-corrected chi connectivity index (χ2v) is 15.4. The van der Waals surface area contributed by atoms with Crippen LogP contribution in [0.5, 0.6) is 5.75 Å². The van der Waals surface area contributed by atoms with Crippen molar-refractivity contribution in [3.63, 3.8) is 0 Å².